The Labute approximate surface area is 776 Å². The minimum Gasteiger partial charge on any atom is -0.508 e. The highest BCUT2D eigenvalue weighted by Crippen LogP contribution is 2.46. The number of hydrogen-bond donors (Lipinski definition) is 25. The third-order valence-electron chi connectivity index (χ3n) is 21.2. The maximum atomic E-state index is 14.6. The molecule has 0 aliphatic carbocycles. The maximum absolute atomic E-state index is 14.6. The molecule has 2 aliphatic rings. The Bertz CT molecular complexity index is 4250. The van der Waals surface area contributed by atoms with Crippen LogP contribution in [0.2, 0.25) is 0 Å². The van der Waals surface area contributed by atoms with Gasteiger partial charge < -0.3 is 137 Å². The first-order chi connectivity index (χ1) is 62.2. The summed E-state index contributed by atoms with van der Waals surface area (Å²) in [6.07, 6.45) is -5.95. The average molecular weight is 1920 g/mol. The summed E-state index contributed by atoms with van der Waals surface area (Å²) < 4.78 is -0.177. The summed E-state index contributed by atoms with van der Waals surface area (Å²) in [7, 11) is 0. The van der Waals surface area contributed by atoms with Crippen molar-refractivity contribution in [3.63, 3.8) is 0 Å². The number of nitrogens with one attached hydrogen (secondary N) is 15. The van der Waals surface area contributed by atoms with Gasteiger partial charge in [0.15, 0.2) is 6.04 Å². The summed E-state index contributed by atoms with van der Waals surface area (Å²) in [5.74, 6) is -19.3. The van der Waals surface area contributed by atoms with E-state index in [1.165, 1.54) is 23.9 Å². The van der Waals surface area contributed by atoms with E-state index in [0.29, 0.717) is 17.5 Å². The second kappa shape index (κ2) is 57.4. The molecule has 0 bridgehead atoms. The molecule has 17 atom stereocenters. The summed E-state index contributed by atoms with van der Waals surface area (Å²) in [5, 5.41) is 119. The second-order valence-corrected chi connectivity index (χ2v) is 37.5. The number of hydrogen-bond acceptors (Lipinski definition) is 29. The lowest BCUT2D eigenvalue weighted by Gasteiger charge is -2.32. The average Bonchev–Trinajstić information content (AvgIpc) is 1.64. The fraction of sp³-hybridized carbons (Fsp3) is 0.631. The van der Waals surface area contributed by atoms with E-state index in [9.17, 15) is 132 Å². The second-order valence-electron chi connectivity index (χ2n) is 33.0. The predicted octanol–water partition coefficient (Wildman–Crippen LogP) is -6.39. The van der Waals surface area contributed by atoms with Crippen molar-refractivity contribution in [3.8, 4) is 5.75 Å². The first-order valence-electron chi connectivity index (χ1n) is 43.3. The first kappa shape index (κ1) is 113. The number of unbranched alkanes of at least 4 members (excludes halogenated alkanes) is 1. The first-order valence-corrected chi connectivity index (χ1v) is 46.7. The lowest BCUT2D eigenvalue weighted by atomic mass is 9.99. The number of likely N-dealkylation sites (tertiary alicyclic amines) is 1. The Balaban J connectivity index is 1.56. The monoisotopic (exact) mass is 1920 g/mol. The van der Waals surface area contributed by atoms with Gasteiger partial charge in [0.05, 0.1) is 54.7 Å². The number of rotatable bonds is 59. The molecule has 736 valence electrons. The van der Waals surface area contributed by atoms with Gasteiger partial charge in [-0.15, -0.1) is 23.5 Å². The molecule has 0 radical (unpaired) electrons. The van der Waals surface area contributed by atoms with Gasteiger partial charge in [-0.05, 0) is 145 Å². The number of aliphatic carboxylic acids is 2. The van der Waals surface area contributed by atoms with Crippen LogP contribution in [0.3, 0.4) is 0 Å². The molecule has 2 aliphatic heterocycles. The number of phenolic OH excluding ortho intramolecular Hbond substituents is 1. The predicted molar refractivity (Wildman–Crippen MR) is 483 cm³/mol. The number of aliphatic hydroxyl groups is 5. The number of aromatic hydroxyl groups is 1. The summed E-state index contributed by atoms with van der Waals surface area (Å²) in [6, 6.07) is -9.34. The molecule has 2 heterocycles. The lowest BCUT2D eigenvalue weighted by Crippen LogP contribution is -2.63. The van der Waals surface area contributed by atoms with Gasteiger partial charge in [-0.25, -0.2) is 4.79 Å². The molecule has 0 aromatic heterocycles. The van der Waals surface area contributed by atoms with Crippen molar-refractivity contribution in [2.24, 2.45) is 23.3 Å². The quantitative estimate of drug-likeness (QED) is 0.0274. The number of thioether (sulfide) groups is 3. The van der Waals surface area contributed by atoms with Crippen LogP contribution in [0.5, 0.6) is 5.75 Å². The molecule has 4 rings (SSSR count). The van der Waals surface area contributed by atoms with E-state index in [1.807, 2.05) is 6.92 Å². The number of carboxylic acid groups (broad SMARTS) is 2. The molecule has 2 aromatic carbocycles. The van der Waals surface area contributed by atoms with Crippen molar-refractivity contribution >= 4 is 148 Å². The van der Waals surface area contributed by atoms with Crippen LogP contribution in [0.15, 0.2) is 54.6 Å². The summed E-state index contributed by atoms with van der Waals surface area (Å²) in [6.45, 7) is 7.94. The largest absolute Gasteiger partial charge is 0.508 e. The molecule has 0 spiro atoms. The Morgan fingerprint density at radius 1 is 0.485 bits per heavy atom. The van der Waals surface area contributed by atoms with E-state index >= 15 is 0 Å². The highest BCUT2D eigenvalue weighted by molar-refractivity contribution is 8.21. The van der Waals surface area contributed by atoms with Crippen LogP contribution < -0.4 is 91.2 Å². The van der Waals surface area contributed by atoms with E-state index < -0.39 is 267 Å². The number of carbonyl (C=O) groups is 19. The number of benzene rings is 2. The number of carbonyl (C=O) groups excluding carboxylic acids is 17. The number of nitrogens with zero attached hydrogens (tertiary/aromatic N) is 1. The third-order valence-corrected chi connectivity index (χ3v) is 25.2. The van der Waals surface area contributed by atoms with E-state index in [0.717, 1.165) is 37.2 Å². The normalized spacial score (nSPS) is 17.0. The highest BCUT2D eigenvalue weighted by atomic mass is 32.2. The van der Waals surface area contributed by atoms with Crippen molar-refractivity contribution in [1.82, 2.24) is 84.7 Å². The minimum absolute atomic E-state index is 0.00215. The van der Waals surface area contributed by atoms with Gasteiger partial charge in [0.2, 0.25) is 100 Å². The fourth-order valence-electron chi connectivity index (χ4n) is 13.7. The van der Waals surface area contributed by atoms with Gasteiger partial charge in [-0.1, -0.05) is 70.2 Å². The number of amides is 17. The Morgan fingerprint density at radius 3 is 1.48 bits per heavy atom. The standard InChI is InChI=1S/C84H130N18O27S3/c1-43(2)36-56(76(121)98-66(44(3)4)80(125)101-69(47(7)107)83(128)129)95-79(124)60-19-15-32-102(60)82(127)68(46(6)106)100-73(118)53(24-26-61(86)109)92-77(122)58(41-103)96-71(116)52(18-13-14-31-87-62(110)28-30-84(8)131-34-35-132-84)91-72(117)54(25-27-65(113)114)93-78(123)59(42-104)97-81(126)67(45(5)105)99-74(119)55(29-33-130-9)94-75(120)57(38-48-16-11-10-12-17-48)90-64(112)40-88-63(111)39-89-70(115)51(85)37-49-20-22-50(108)23-21-49/h10-12,16-17,20-23,43-47,51-60,66-69,103-108H,13-15,18-19,24-42,85H2,1-9H3,(H2,86,109)(H,87,110)(H,88,111)(H,89,115)(H,90,112)(H,91,117)(H,92,122)(H,93,123)(H,94,120)(H,95,124)(H,96,116)(H,97,126)(H,98,121)(H,99,119)(H,100,118)(H,101,125)(H,113,114)(H,128,129)/t45-,46-,47-,51+,52+,53+,54+,55+,56+,57+,58+,59+,60+,66+,67+,68+,69+/m1/s1. The van der Waals surface area contributed by atoms with Crippen LogP contribution in [0.1, 0.15) is 150 Å². The Kier molecular flexibility index (Phi) is 49.3. The van der Waals surface area contributed by atoms with Gasteiger partial charge in [-0.3, -0.25) is 86.3 Å². The number of nitrogens with two attached hydrogens (primary N) is 2. The van der Waals surface area contributed by atoms with E-state index in [2.05, 4.69) is 79.8 Å². The zero-order chi connectivity index (χ0) is 98.8. The minimum atomic E-state index is -2.08. The third kappa shape index (κ3) is 39.8. The van der Waals surface area contributed by atoms with E-state index in [1.54, 1.807) is 99.9 Å². The van der Waals surface area contributed by atoms with E-state index in [4.69, 9.17) is 11.5 Å². The molecule has 48 heteroatoms. The fourth-order valence-corrected chi connectivity index (χ4v) is 17.0. The molecule has 27 N–H and O–H groups in total. The van der Waals surface area contributed by atoms with Crippen molar-refractivity contribution in [1.29, 1.82) is 0 Å². The Hall–Kier alpha value is -11.0. The van der Waals surface area contributed by atoms with Crippen LogP contribution in [0.4, 0.5) is 0 Å². The summed E-state index contributed by atoms with van der Waals surface area (Å²) in [5.41, 5.74) is 12.6. The zero-order valence-electron chi connectivity index (χ0n) is 75.3. The summed E-state index contributed by atoms with van der Waals surface area (Å²) in [4.78, 5) is 260. The zero-order valence-corrected chi connectivity index (χ0v) is 77.7. The molecule has 0 saturated carbocycles. The van der Waals surface area contributed by atoms with Crippen LogP contribution in [-0.4, -0.2) is 328 Å². The van der Waals surface area contributed by atoms with Gasteiger partial charge in [-0.2, -0.15) is 11.8 Å². The molecule has 2 fully saturated rings. The Morgan fingerprint density at radius 2 is 0.955 bits per heavy atom. The van der Waals surface area contributed by atoms with Crippen molar-refractivity contribution in [2.75, 3.05) is 62.9 Å². The molecule has 2 aromatic rings. The smallest absolute Gasteiger partial charge is 0.328 e. The number of carboxylic acids is 2. The number of primary amides is 1. The van der Waals surface area contributed by atoms with Gasteiger partial charge >= 0.3 is 11.9 Å². The van der Waals surface area contributed by atoms with Crippen molar-refractivity contribution < 1.29 is 132 Å². The van der Waals surface area contributed by atoms with Crippen LogP contribution in [0, 0.1) is 11.8 Å². The van der Waals surface area contributed by atoms with Gasteiger partial charge in [0.1, 0.15) is 78.3 Å². The van der Waals surface area contributed by atoms with Crippen LogP contribution >= 0.6 is 35.3 Å². The van der Waals surface area contributed by atoms with Crippen LogP contribution in [0.25, 0.3) is 0 Å². The number of aliphatic hydroxyl groups excluding tert-OH is 5. The lowest BCUT2D eigenvalue weighted by molar-refractivity contribution is -0.145. The number of phenols is 1. The van der Waals surface area contributed by atoms with Crippen molar-refractivity contribution in [3.05, 3.63) is 65.7 Å². The molecule has 17 amide bonds. The molecule has 0 unspecified atom stereocenters. The SMILES string of the molecule is CSCC[C@H](NC(=O)[C@H](Cc1ccccc1)NC(=O)CNC(=O)CNC(=O)[C@@H](N)Cc1ccc(O)cc1)C(=O)N[C@H](C(=O)N[C@@H](CO)C(=O)N[C@@H](CCC(=O)O)C(=O)N[C@@H](CCCCNC(=O)CCC1(C)SCCS1)C(=O)N[C@@H](CO)C(=O)N[C@@H](CCC(N)=O)C(=O)N[C@H](C(=O)N1CCC[C@H]1C(=O)N[C@@H](CC(C)C)C(=O)N[C@H](C(=O)N[C@H](C(=O)O)[C@@H](C)O)C(C)C)[C@@H](C)O)[C@@H](C)O. The summed E-state index contributed by atoms with van der Waals surface area (Å²) >= 11 is 4.69. The van der Waals surface area contributed by atoms with E-state index in [-0.39, 0.29) is 105 Å². The molecular formula is C84H130N18O27S3. The van der Waals surface area contributed by atoms with Gasteiger partial charge in [0, 0.05) is 50.3 Å². The van der Waals surface area contributed by atoms with Gasteiger partial charge in [0.25, 0.3) is 0 Å². The molecule has 2 saturated heterocycles. The van der Waals surface area contributed by atoms with Crippen LogP contribution in [-0.2, 0) is 104 Å². The molecular weight excluding hydrogens is 1790 g/mol. The molecule has 45 nitrogen and oxygen atoms in total. The topological polar surface area (TPSA) is 722 Å². The van der Waals surface area contributed by atoms with Crippen molar-refractivity contribution in [2.45, 2.75) is 259 Å². The molecule has 132 heavy (non-hydrogen) atoms. The maximum Gasteiger partial charge on any atom is 0.328 e. The highest BCUT2D eigenvalue weighted by Gasteiger charge is 2.44.